The second-order valence-electron chi connectivity index (χ2n) is 7.89. The fraction of sp³-hybridized carbons (Fsp3) is 0.500. The average molecular weight is 428 g/mol. The maximum atomic E-state index is 12.9. The van der Waals surface area contributed by atoms with E-state index in [1.165, 1.54) is 0 Å². The van der Waals surface area contributed by atoms with Gasteiger partial charge < -0.3 is 15.5 Å². The fourth-order valence-corrected chi connectivity index (χ4v) is 5.08. The summed E-state index contributed by atoms with van der Waals surface area (Å²) in [7, 11) is 0. The van der Waals surface area contributed by atoms with Gasteiger partial charge in [-0.25, -0.2) is 0 Å². The molecule has 0 radical (unpaired) electrons. The lowest BCUT2D eigenvalue weighted by Crippen LogP contribution is -2.43. The van der Waals surface area contributed by atoms with Gasteiger partial charge in [-0.1, -0.05) is 11.6 Å². The highest BCUT2D eigenvalue weighted by atomic mass is 32.1. The molecule has 2 heterocycles. The van der Waals surface area contributed by atoms with E-state index in [0.29, 0.717) is 17.2 Å². The van der Waals surface area contributed by atoms with E-state index in [1.54, 1.807) is 11.3 Å². The summed E-state index contributed by atoms with van der Waals surface area (Å²) in [4.78, 5) is 27.5. The molecule has 0 saturated carbocycles. The number of hydrogen-bond donors (Lipinski definition) is 2. The second kappa shape index (κ2) is 11.1. The zero-order chi connectivity index (χ0) is 22.3. The highest BCUT2D eigenvalue weighted by molar-refractivity contribution is 7.14. The molecule has 6 heteroatoms. The average Bonchev–Trinajstić information content (AvgIpc) is 3.10. The van der Waals surface area contributed by atoms with Crippen LogP contribution in [0, 0.1) is 19.3 Å². The largest absolute Gasteiger partial charge is 0.360 e. The minimum absolute atomic E-state index is 0.119. The van der Waals surface area contributed by atoms with E-state index in [0.717, 1.165) is 54.2 Å². The first kappa shape index (κ1) is 23.9. The van der Waals surface area contributed by atoms with Gasteiger partial charge in [-0.3, -0.25) is 9.59 Å². The molecule has 0 spiro atoms. The zero-order valence-electron chi connectivity index (χ0n) is 18.7. The number of anilines is 1. The van der Waals surface area contributed by atoms with Gasteiger partial charge in [-0.15, -0.1) is 17.8 Å². The van der Waals surface area contributed by atoms with Gasteiger partial charge in [0, 0.05) is 30.1 Å². The summed E-state index contributed by atoms with van der Waals surface area (Å²) < 4.78 is 0. The Kier molecular flexibility index (Phi) is 8.88. The van der Waals surface area contributed by atoms with Gasteiger partial charge >= 0.3 is 0 Å². The normalized spacial score (nSPS) is 15.1. The Balaban J connectivity index is 2.18. The van der Waals surface area contributed by atoms with Crippen LogP contribution in [-0.4, -0.2) is 43.9 Å². The Morgan fingerprint density at radius 2 is 2.00 bits per heavy atom. The summed E-state index contributed by atoms with van der Waals surface area (Å²) in [5.74, 6) is 1.60. The number of thiophene rings is 1. The van der Waals surface area contributed by atoms with E-state index in [4.69, 9.17) is 6.42 Å². The number of rotatable bonds is 8. The van der Waals surface area contributed by atoms with Crippen molar-refractivity contribution in [2.45, 2.75) is 53.5 Å². The molecule has 1 aliphatic heterocycles. The van der Waals surface area contributed by atoms with Crippen LogP contribution < -0.4 is 15.5 Å². The highest BCUT2D eigenvalue weighted by Gasteiger charge is 2.25. The predicted molar refractivity (Wildman–Crippen MR) is 126 cm³/mol. The zero-order valence-corrected chi connectivity index (χ0v) is 19.5. The van der Waals surface area contributed by atoms with Crippen molar-refractivity contribution in [2.75, 3.05) is 31.1 Å². The van der Waals surface area contributed by atoms with Crippen molar-refractivity contribution in [3.05, 3.63) is 39.3 Å². The summed E-state index contributed by atoms with van der Waals surface area (Å²) >= 11 is 1.61. The van der Waals surface area contributed by atoms with Crippen molar-refractivity contribution in [1.29, 1.82) is 0 Å². The van der Waals surface area contributed by atoms with E-state index >= 15 is 0 Å². The summed E-state index contributed by atoms with van der Waals surface area (Å²) in [5, 5.41) is 9.38. The number of Topliss-reactive ketones (excluding diaryl/α,β-unsaturated/α-hetero) is 1. The lowest BCUT2D eigenvalue weighted by atomic mass is 10.0. The van der Waals surface area contributed by atoms with Gasteiger partial charge in [0.05, 0.1) is 10.6 Å². The predicted octanol–water partition coefficient (Wildman–Crippen LogP) is 3.85. The smallest absolute Gasteiger partial charge is 0.252 e. The fourth-order valence-electron chi connectivity index (χ4n) is 3.87. The van der Waals surface area contributed by atoms with Crippen LogP contribution in [0.1, 0.15) is 56.5 Å². The van der Waals surface area contributed by atoms with Gasteiger partial charge in [0.25, 0.3) is 5.91 Å². The van der Waals surface area contributed by atoms with Crippen LogP contribution in [0.15, 0.2) is 28.2 Å². The standard InChI is InChI=1S/C24H33N3O2S/c1-7-22(28)20(17(5)13-16(3)4)14-26-23(29)21-15-30-24(18(21)6)27(8-2)19-9-11-25-12-10-19/h1,13,15,19,25H,8-12,14H2,2-6H3,(H,26,29)/b20-17-. The van der Waals surface area contributed by atoms with Crippen molar-refractivity contribution in [1.82, 2.24) is 10.6 Å². The molecule has 162 valence electrons. The second-order valence-corrected chi connectivity index (χ2v) is 8.74. The van der Waals surface area contributed by atoms with Crippen LogP contribution in [0.5, 0.6) is 0 Å². The number of hydrogen-bond acceptors (Lipinski definition) is 5. The van der Waals surface area contributed by atoms with E-state index in [-0.39, 0.29) is 12.5 Å². The molecule has 2 rings (SSSR count). The molecule has 1 saturated heterocycles. The van der Waals surface area contributed by atoms with E-state index in [2.05, 4.69) is 28.4 Å². The summed E-state index contributed by atoms with van der Waals surface area (Å²) in [6.45, 7) is 13.0. The molecule has 2 N–H and O–H groups in total. The van der Waals surface area contributed by atoms with Gasteiger partial charge in [0.2, 0.25) is 5.78 Å². The van der Waals surface area contributed by atoms with Crippen molar-refractivity contribution < 1.29 is 9.59 Å². The maximum absolute atomic E-state index is 12.9. The third kappa shape index (κ3) is 5.84. The van der Waals surface area contributed by atoms with Gasteiger partial charge in [-0.05, 0) is 77.6 Å². The number of carbonyl (C=O) groups excluding carboxylic acids is 2. The van der Waals surface area contributed by atoms with Gasteiger partial charge in [0.1, 0.15) is 0 Å². The molecular weight excluding hydrogens is 394 g/mol. The molecule has 1 aromatic rings. The van der Waals surface area contributed by atoms with Gasteiger partial charge in [0.15, 0.2) is 0 Å². The Hall–Kier alpha value is -2.36. The van der Waals surface area contributed by atoms with Crippen LogP contribution in [0.25, 0.3) is 0 Å². The van der Waals surface area contributed by atoms with Crippen LogP contribution in [-0.2, 0) is 4.79 Å². The molecule has 30 heavy (non-hydrogen) atoms. The SMILES string of the molecule is C#CC(=O)/C(CNC(=O)c1csc(N(CC)C2CCNCC2)c1C)=C(/C)C=C(C)C. The first-order valence-electron chi connectivity index (χ1n) is 10.5. The molecule has 1 fully saturated rings. The third-order valence-electron chi connectivity index (χ3n) is 5.42. The van der Waals surface area contributed by atoms with Crippen molar-refractivity contribution in [3.63, 3.8) is 0 Å². The Labute approximate surface area is 184 Å². The topological polar surface area (TPSA) is 61.4 Å². The number of allylic oxidation sites excluding steroid dienone is 3. The van der Waals surface area contributed by atoms with Crippen molar-refractivity contribution in [2.24, 2.45) is 0 Å². The lowest BCUT2D eigenvalue weighted by Gasteiger charge is -2.35. The number of nitrogens with zero attached hydrogens (tertiary/aromatic N) is 1. The first-order chi connectivity index (χ1) is 14.3. The molecular formula is C24H33N3O2S. The molecule has 1 aromatic heterocycles. The van der Waals surface area contributed by atoms with E-state index in [9.17, 15) is 9.59 Å². The summed E-state index contributed by atoms with van der Waals surface area (Å²) in [5.41, 5.74) is 3.95. The molecule has 1 aliphatic rings. The Bertz CT molecular complexity index is 879. The minimum atomic E-state index is -0.393. The van der Waals surface area contributed by atoms with E-state index in [1.807, 2.05) is 39.2 Å². The number of piperidine rings is 1. The molecule has 0 unspecified atom stereocenters. The van der Waals surface area contributed by atoms with Crippen LogP contribution >= 0.6 is 11.3 Å². The molecule has 0 aromatic carbocycles. The van der Waals surface area contributed by atoms with Gasteiger partial charge in [-0.2, -0.15) is 0 Å². The Morgan fingerprint density at radius 1 is 1.33 bits per heavy atom. The highest BCUT2D eigenvalue weighted by Crippen LogP contribution is 2.33. The number of terminal acetylenes is 1. The monoisotopic (exact) mass is 427 g/mol. The number of ketones is 1. The number of nitrogens with one attached hydrogen (secondary N) is 2. The van der Waals surface area contributed by atoms with Crippen molar-refractivity contribution in [3.8, 4) is 12.3 Å². The van der Waals surface area contributed by atoms with Crippen molar-refractivity contribution >= 4 is 28.0 Å². The third-order valence-corrected chi connectivity index (χ3v) is 6.54. The van der Waals surface area contributed by atoms with E-state index < -0.39 is 5.78 Å². The summed E-state index contributed by atoms with van der Waals surface area (Å²) in [6, 6.07) is 0.499. The number of carbonyl (C=O) groups is 2. The molecule has 5 nitrogen and oxygen atoms in total. The van der Waals surface area contributed by atoms with Crippen LogP contribution in [0.3, 0.4) is 0 Å². The first-order valence-corrected chi connectivity index (χ1v) is 11.4. The van der Waals surface area contributed by atoms with Crippen LogP contribution in [0.2, 0.25) is 0 Å². The molecule has 1 amide bonds. The molecule has 0 aliphatic carbocycles. The lowest BCUT2D eigenvalue weighted by molar-refractivity contribution is -0.110. The quantitative estimate of drug-likeness (QED) is 0.286. The molecule has 0 atom stereocenters. The molecule has 0 bridgehead atoms. The summed E-state index contributed by atoms with van der Waals surface area (Å²) in [6.07, 6.45) is 9.46. The minimum Gasteiger partial charge on any atom is -0.360 e. The Morgan fingerprint density at radius 3 is 2.57 bits per heavy atom. The maximum Gasteiger partial charge on any atom is 0.252 e. The number of amides is 1. The van der Waals surface area contributed by atoms with Crippen LogP contribution in [0.4, 0.5) is 5.00 Å².